The maximum Gasteiger partial charge on any atom is 0.185 e. The molecule has 4 heteroatoms. The van der Waals surface area contributed by atoms with Gasteiger partial charge in [-0.25, -0.2) is 4.98 Å². The van der Waals surface area contributed by atoms with Gasteiger partial charge in [0.05, 0.1) is 11.2 Å². The molecule has 1 heterocycles. The third kappa shape index (κ3) is 1.64. The Morgan fingerprint density at radius 1 is 1.43 bits per heavy atom. The average molecular weight is 211 g/mol. The molecular weight excluding hydrogens is 194 g/mol. The zero-order valence-corrected chi connectivity index (χ0v) is 9.60. The molecule has 1 fully saturated rings. The fourth-order valence-corrected chi connectivity index (χ4v) is 2.83. The molecule has 3 nitrogen and oxygen atoms in total. The highest BCUT2D eigenvalue weighted by atomic mass is 32.1. The van der Waals surface area contributed by atoms with E-state index in [0.717, 1.165) is 23.7 Å². The molecule has 1 aromatic rings. The van der Waals surface area contributed by atoms with Gasteiger partial charge in [-0.1, -0.05) is 12.8 Å². The molecule has 0 saturated heterocycles. The summed E-state index contributed by atoms with van der Waals surface area (Å²) in [7, 11) is 4.03. The Balaban J connectivity index is 2.23. The number of thiazole rings is 1. The molecule has 78 valence electrons. The van der Waals surface area contributed by atoms with Crippen LogP contribution in [0.3, 0.4) is 0 Å². The summed E-state index contributed by atoms with van der Waals surface area (Å²) in [5, 5.41) is 3.16. The highest BCUT2D eigenvalue weighted by molar-refractivity contribution is 7.13. The van der Waals surface area contributed by atoms with Crippen LogP contribution in [0, 0.1) is 0 Å². The predicted octanol–water partition coefficient (Wildman–Crippen LogP) is 1.94. The van der Waals surface area contributed by atoms with Gasteiger partial charge in [0.2, 0.25) is 0 Å². The molecule has 2 N–H and O–H groups in total. The zero-order chi connectivity index (χ0) is 10.2. The van der Waals surface area contributed by atoms with Crippen molar-refractivity contribution in [2.45, 2.75) is 31.2 Å². The second-order valence-corrected chi connectivity index (χ2v) is 5.11. The topological polar surface area (TPSA) is 42.2 Å². The largest absolute Gasteiger partial charge is 0.354 e. The summed E-state index contributed by atoms with van der Waals surface area (Å²) in [6, 6.07) is 0. The van der Waals surface area contributed by atoms with Crippen molar-refractivity contribution in [3.63, 3.8) is 0 Å². The van der Waals surface area contributed by atoms with E-state index < -0.39 is 0 Å². The monoisotopic (exact) mass is 211 g/mol. The second-order valence-electron chi connectivity index (χ2n) is 4.27. The van der Waals surface area contributed by atoms with E-state index in [0.29, 0.717) is 0 Å². The SMILES string of the molecule is CN(C)c1nc(C2(N)CCCC2)cs1. The van der Waals surface area contributed by atoms with Crippen molar-refractivity contribution in [2.75, 3.05) is 19.0 Å². The number of hydrogen-bond acceptors (Lipinski definition) is 4. The van der Waals surface area contributed by atoms with Gasteiger partial charge in [0.25, 0.3) is 0 Å². The van der Waals surface area contributed by atoms with Crippen LogP contribution >= 0.6 is 11.3 Å². The molecule has 14 heavy (non-hydrogen) atoms. The van der Waals surface area contributed by atoms with Crippen LogP contribution in [0.4, 0.5) is 5.13 Å². The molecule has 2 rings (SSSR count). The quantitative estimate of drug-likeness (QED) is 0.813. The first-order valence-corrected chi connectivity index (χ1v) is 5.92. The highest BCUT2D eigenvalue weighted by Gasteiger charge is 2.33. The molecule has 0 radical (unpaired) electrons. The van der Waals surface area contributed by atoms with Crippen molar-refractivity contribution in [3.05, 3.63) is 11.1 Å². The Bertz CT molecular complexity index is 313. The lowest BCUT2D eigenvalue weighted by Crippen LogP contribution is -2.33. The Morgan fingerprint density at radius 2 is 2.07 bits per heavy atom. The van der Waals surface area contributed by atoms with Gasteiger partial charge in [-0.15, -0.1) is 11.3 Å². The molecular formula is C10H17N3S. The molecule has 1 saturated carbocycles. The van der Waals surface area contributed by atoms with E-state index in [1.807, 2.05) is 19.0 Å². The van der Waals surface area contributed by atoms with Crippen LogP contribution in [0.5, 0.6) is 0 Å². The van der Waals surface area contributed by atoms with E-state index in [4.69, 9.17) is 5.73 Å². The van der Waals surface area contributed by atoms with Crippen molar-refractivity contribution in [1.82, 2.24) is 4.98 Å². The van der Waals surface area contributed by atoms with Crippen molar-refractivity contribution >= 4 is 16.5 Å². The van der Waals surface area contributed by atoms with Crippen LogP contribution < -0.4 is 10.6 Å². The minimum atomic E-state index is -0.134. The van der Waals surface area contributed by atoms with Crippen LogP contribution in [0.15, 0.2) is 5.38 Å². The standard InChI is InChI=1S/C10H17N3S/c1-13(2)9-12-8(7-14-9)10(11)5-3-4-6-10/h7H,3-6,11H2,1-2H3. The van der Waals surface area contributed by atoms with Crippen LogP contribution in [-0.2, 0) is 5.54 Å². The van der Waals surface area contributed by atoms with Crippen LogP contribution in [0.25, 0.3) is 0 Å². The van der Waals surface area contributed by atoms with Crippen molar-refractivity contribution in [2.24, 2.45) is 5.73 Å². The third-order valence-electron chi connectivity index (χ3n) is 2.88. The zero-order valence-electron chi connectivity index (χ0n) is 8.79. The number of hydrogen-bond donors (Lipinski definition) is 1. The molecule has 0 aliphatic heterocycles. The number of anilines is 1. The first-order chi connectivity index (χ1) is 6.62. The van der Waals surface area contributed by atoms with Gasteiger partial charge < -0.3 is 10.6 Å². The minimum absolute atomic E-state index is 0.134. The van der Waals surface area contributed by atoms with E-state index in [-0.39, 0.29) is 5.54 Å². The number of rotatable bonds is 2. The smallest absolute Gasteiger partial charge is 0.185 e. The van der Waals surface area contributed by atoms with Gasteiger partial charge >= 0.3 is 0 Å². The van der Waals surface area contributed by atoms with Gasteiger partial charge in [0.1, 0.15) is 0 Å². The molecule has 1 aromatic heterocycles. The van der Waals surface area contributed by atoms with E-state index in [2.05, 4.69) is 10.4 Å². The van der Waals surface area contributed by atoms with Gasteiger partial charge in [-0.05, 0) is 12.8 Å². The van der Waals surface area contributed by atoms with E-state index in [1.54, 1.807) is 11.3 Å². The van der Waals surface area contributed by atoms with E-state index >= 15 is 0 Å². The molecule has 1 aliphatic carbocycles. The lowest BCUT2D eigenvalue weighted by molar-refractivity contribution is 0.450. The maximum absolute atomic E-state index is 6.32. The fourth-order valence-electron chi connectivity index (χ4n) is 1.96. The maximum atomic E-state index is 6.32. The molecule has 0 aromatic carbocycles. The molecule has 1 aliphatic rings. The lowest BCUT2D eigenvalue weighted by atomic mass is 9.96. The summed E-state index contributed by atoms with van der Waals surface area (Å²) in [6.45, 7) is 0. The van der Waals surface area contributed by atoms with Crippen molar-refractivity contribution in [3.8, 4) is 0 Å². The predicted molar refractivity (Wildman–Crippen MR) is 60.8 cm³/mol. The third-order valence-corrected chi connectivity index (χ3v) is 3.89. The second kappa shape index (κ2) is 3.51. The molecule has 0 atom stereocenters. The van der Waals surface area contributed by atoms with E-state index in [1.165, 1.54) is 12.8 Å². The summed E-state index contributed by atoms with van der Waals surface area (Å²) in [6.07, 6.45) is 4.66. The van der Waals surface area contributed by atoms with Gasteiger partial charge in [0.15, 0.2) is 5.13 Å². The lowest BCUT2D eigenvalue weighted by Gasteiger charge is -2.20. The first-order valence-electron chi connectivity index (χ1n) is 5.04. The summed E-state index contributed by atoms with van der Waals surface area (Å²) < 4.78 is 0. The summed E-state index contributed by atoms with van der Waals surface area (Å²) in [4.78, 5) is 6.62. The summed E-state index contributed by atoms with van der Waals surface area (Å²) >= 11 is 1.68. The van der Waals surface area contributed by atoms with Gasteiger partial charge in [-0.2, -0.15) is 0 Å². The summed E-state index contributed by atoms with van der Waals surface area (Å²) in [5.41, 5.74) is 7.27. The highest BCUT2D eigenvalue weighted by Crippen LogP contribution is 2.37. The average Bonchev–Trinajstić information content (AvgIpc) is 2.71. The molecule has 0 unspecified atom stereocenters. The minimum Gasteiger partial charge on any atom is -0.354 e. The molecule has 0 bridgehead atoms. The van der Waals surface area contributed by atoms with Crippen molar-refractivity contribution in [1.29, 1.82) is 0 Å². The number of nitrogens with two attached hydrogens (primary N) is 1. The van der Waals surface area contributed by atoms with E-state index in [9.17, 15) is 0 Å². The van der Waals surface area contributed by atoms with Gasteiger partial charge in [-0.3, -0.25) is 0 Å². The Kier molecular flexibility index (Phi) is 2.49. The Hall–Kier alpha value is -0.610. The number of nitrogens with zero attached hydrogens (tertiary/aromatic N) is 2. The Labute approximate surface area is 88.9 Å². The first kappa shape index (κ1) is 9.93. The Morgan fingerprint density at radius 3 is 2.57 bits per heavy atom. The van der Waals surface area contributed by atoms with Crippen LogP contribution in [-0.4, -0.2) is 19.1 Å². The molecule has 0 amide bonds. The fraction of sp³-hybridized carbons (Fsp3) is 0.700. The van der Waals surface area contributed by atoms with Crippen LogP contribution in [0.1, 0.15) is 31.4 Å². The normalized spacial score (nSPS) is 19.9. The van der Waals surface area contributed by atoms with Crippen LogP contribution in [0.2, 0.25) is 0 Å². The number of aromatic nitrogens is 1. The van der Waals surface area contributed by atoms with Gasteiger partial charge in [0, 0.05) is 19.5 Å². The summed E-state index contributed by atoms with van der Waals surface area (Å²) in [5.74, 6) is 0. The molecule has 0 spiro atoms. The van der Waals surface area contributed by atoms with Crippen molar-refractivity contribution < 1.29 is 0 Å².